The normalized spacial score (nSPS) is 16.3. The van der Waals surface area contributed by atoms with Crippen molar-refractivity contribution in [3.8, 4) is 0 Å². The van der Waals surface area contributed by atoms with Crippen molar-refractivity contribution in [1.82, 2.24) is 5.32 Å². The summed E-state index contributed by atoms with van der Waals surface area (Å²) >= 11 is 0. The van der Waals surface area contributed by atoms with Crippen LogP contribution in [0, 0.1) is 12.8 Å². The van der Waals surface area contributed by atoms with E-state index >= 15 is 0 Å². The van der Waals surface area contributed by atoms with Crippen molar-refractivity contribution in [3.63, 3.8) is 0 Å². The van der Waals surface area contributed by atoms with E-state index in [1.807, 2.05) is 6.07 Å². The molecule has 0 aromatic heterocycles. The van der Waals surface area contributed by atoms with E-state index in [9.17, 15) is 4.79 Å². The first-order valence-corrected chi connectivity index (χ1v) is 6.73. The Labute approximate surface area is 109 Å². The summed E-state index contributed by atoms with van der Waals surface area (Å²) in [6, 6.07) is 8.44. The van der Waals surface area contributed by atoms with E-state index in [0.717, 1.165) is 6.42 Å². The quantitative estimate of drug-likeness (QED) is 0.804. The topological polar surface area (TPSA) is 55.1 Å². The lowest BCUT2D eigenvalue weighted by Crippen LogP contribution is -2.38. The lowest BCUT2D eigenvalue weighted by molar-refractivity contribution is -0.121. The SMILES string of the molecule is Cc1cccc(CCC(=O)NCC(N)C2CC2)c1. The third-order valence-electron chi connectivity index (χ3n) is 3.49. The maximum Gasteiger partial charge on any atom is 0.220 e. The van der Waals surface area contributed by atoms with E-state index in [1.54, 1.807) is 0 Å². The minimum absolute atomic E-state index is 0.104. The average Bonchev–Trinajstić information content (AvgIpc) is 3.17. The van der Waals surface area contributed by atoms with Crippen molar-refractivity contribution in [2.45, 2.75) is 38.6 Å². The number of aryl methyl sites for hydroxylation is 2. The van der Waals surface area contributed by atoms with Gasteiger partial charge < -0.3 is 11.1 Å². The van der Waals surface area contributed by atoms with Crippen molar-refractivity contribution in [2.24, 2.45) is 11.7 Å². The number of benzene rings is 1. The molecule has 0 saturated heterocycles. The van der Waals surface area contributed by atoms with Crippen LogP contribution in [0.3, 0.4) is 0 Å². The van der Waals surface area contributed by atoms with Gasteiger partial charge in [-0.1, -0.05) is 29.8 Å². The Kier molecular flexibility index (Phi) is 4.37. The first-order chi connectivity index (χ1) is 8.65. The summed E-state index contributed by atoms with van der Waals surface area (Å²) in [6.07, 6.45) is 3.79. The Hall–Kier alpha value is -1.35. The largest absolute Gasteiger partial charge is 0.355 e. The van der Waals surface area contributed by atoms with Gasteiger partial charge >= 0.3 is 0 Å². The maximum atomic E-state index is 11.7. The molecule has 1 aliphatic rings. The second-order valence-electron chi connectivity index (χ2n) is 5.29. The zero-order valence-corrected chi connectivity index (χ0v) is 11.0. The molecule has 1 amide bonds. The molecule has 2 rings (SSSR count). The molecule has 98 valence electrons. The van der Waals surface area contributed by atoms with Gasteiger partial charge in [0.15, 0.2) is 0 Å². The van der Waals surface area contributed by atoms with Crippen LogP contribution in [-0.4, -0.2) is 18.5 Å². The highest BCUT2D eigenvalue weighted by molar-refractivity contribution is 5.76. The first kappa shape index (κ1) is 13.1. The molecule has 1 atom stereocenters. The fourth-order valence-corrected chi connectivity index (χ4v) is 2.14. The Morgan fingerprint density at radius 3 is 2.94 bits per heavy atom. The average molecular weight is 246 g/mol. The molecule has 1 aromatic rings. The molecule has 0 radical (unpaired) electrons. The molecular formula is C15H22N2O. The smallest absolute Gasteiger partial charge is 0.220 e. The van der Waals surface area contributed by atoms with Crippen LogP contribution >= 0.6 is 0 Å². The summed E-state index contributed by atoms with van der Waals surface area (Å²) in [6.45, 7) is 2.69. The van der Waals surface area contributed by atoms with Gasteiger partial charge in [-0.25, -0.2) is 0 Å². The molecule has 0 spiro atoms. The molecule has 3 N–H and O–H groups in total. The van der Waals surface area contributed by atoms with Crippen LogP contribution in [0.25, 0.3) is 0 Å². The molecular weight excluding hydrogens is 224 g/mol. The zero-order chi connectivity index (χ0) is 13.0. The number of nitrogens with one attached hydrogen (secondary N) is 1. The van der Waals surface area contributed by atoms with Gasteiger partial charge in [0.2, 0.25) is 5.91 Å². The van der Waals surface area contributed by atoms with Gasteiger partial charge in [0.25, 0.3) is 0 Å². The minimum atomic E-state index is 0.104. The maximum absolute atomic E-state index is 11.7. The molecule has 1 aliphatic carbocycles. The minimum Gasteiger partial charge on any atom is -0.355 e. The van der Waals surface area contributed by atoms with Gasteiger partial charge in [-0.2, -0.15) is 0 Å². The second-order valence-corrected chi connectivity index (χ2v) is 5.29. The summed E-state index contributed by atoms with van der Waals surface area (Å²) in [5.41, 5.74) is 8.40. The number of rotatable bonds is 6. The van der Waals surface area contributed by atoms with Crippen molar-refractivity contribution < 1.29 is 4.79 Å². The van der Waals surface area contributed by atoms with Crippen LogP contribution in [0.5, 0.6) is 0 Å². The number of carbonyl (C=O) groups is 1. The second kappa shape index (κ2) is 6.01. The van der Waals surface area contributed by atoms with E-state index < -0.39 is 0 Å². The number of carbonyl (C=O) groups excluding carboxylic acids is 1. The van der Waals surface area contributed by atoms with Gasteiger partial charge in [0.1, 0.15) is 0 Å². The summed E-state index contributed by atoms with van der Waals surface area (Å²) in [5.74, 6) is 0.745. The standard InChI is InChI=1S/C15H22N2O/c1-11-3-2-4-12(9-11)5-8-15(18)17-10-14(16)13-6-7-13/h2-4,9,13-14H,5-8,10,16H2,1H3,(H,17,18). The lowest BCUT2D eigenvalue weighted by atomic mass is 10.1. The van der Waals surface area contributed by atoms with Crippen LogP contribution in [0.4, 0.5) is 0 Å². The van der Waals surface area contributed by atoms with Crippen molar-refractivity contribution in [2.75, 3.05) is 6.54 Å². The van der Waals surface area contributed by atoms with Crippen LogP contribution < -0.4 is 11.1 Å². The predicted molar refractivity (Wildman–Crippen MR) is 73.2 cm³/mol. The molecule has 0 heterocycles. The number of nitrogens with two attached hydrogens (primary N) is 1. The van der Waals surface area contributed by atoms with E-state index in [4.69, 9.17) is 5.73 Å². The zero-order valence-electron chi connectivity index (χ0n) is 11.0. The van der Waals surface area contributed by atoms with Crippen LogP contribution in [0.15, 0.2) is 24.3 Å². The highest BCUT2D eigenvalue weighted by Crippen LogP contribution is 2.31. The van der Waals surface area contributed by atoms with E-state index in [-0.39, 0.29) is 11.9 Å². The van der Waals surface area contributed by atoms with Crippen LogP contribution in [0.1, 0.15) is 30.4 Å². The summed E-state index contributed by atoms with van der Waals surface area (Å²) in [5, 5.41) is 2.92. The number of hydrogen-bond donors (Lipinski definition) is 2. The molecule has 3 nitrogen and oxygen atoms in total. The fraction of sp³-hybridized carbons (Fsp3) is 0.533. The van der Waals surface area contributed by atoms with Gasteiger partial charge in [-0.15, -0.1) is 0 Å². The third-order valence-corrected chi connectivity index (χ3v) is 3.49. The van der Waals surface area contributed by atoms with Crippen molar-refractivity contribution in [3.05, 3.63) is 35.4 Å². The molecule has 1 saturated carbocycles. The fourth-order valence-electron chi connectivity index (χ4n) is 2.14. The third kappa shape index (κ3) is 4.15. The monoisotopic (exact) mass is 246 g/mol. The number of hydrogen-bond acceptors (Lipinski definition) is 2. The molecule has 3 heteroatoms. The highest BCUT2D eigenvalue weighted by atomic mass is 16.1. The van der Waals surface area contributed by atoms with Gasteiger partial charge in [0, 0.05) is 19.0 Å². The van der Waals surface area contributed by atoms with Crippen molar-refractivity contribution >= 4 is 5.91 Å². The lowest BCUT2D eigenvalue weighted by Gasteiger charge is -2.11. The molecule has 0 aliphatic heterocycles. The van der Waals surface area contributed by atoms with Crippen molar-refractivity contribution in [1.29, 1.82) is 0 Å². The van der Waals surface area contributed by atoms with E-state index in [2.05, 4.69) is 30.4 Å². The first-order valence-electron chi connectivity index (χ1n) is 6.73. The van der Waals surface area contributed by atoms with Crippen LogP contribution in [0.2, 0.25) is 0 Å². The predicted octanol–water partition coefficient (Wildman–Crippen LogP) is 1.78. The van der Waals surface area contributed by atoms with Gasteiger partial charge in [0.05, 0.1) is 0 Å². The Morgan fingerprint density at radius 2 is 2.28 bits per heavy atom. The highest BCUT2D eigenvalue weighted by Gasteiger charge is 2.28. The summed E-state index contributed by atoms with van der Waals surface area (Å²) in [4.78, 5) is 11.7. The van der Waals surface area contributed by atoms with Gasteiger partial charge in [-0.05, 0) is 37.7 Å². The molecule has 1 fully saturated rings. The van der Waals surface area contributed by atoms with Crippen LogP contribution in [-0.2, 0) is 11.2 Å². The molecule has 1 aromatic carbocycles. The molecule has 0 bridgehead atoms. The molecule has 1 unspecified atom stereocenters. The number of amides is 1. The van der Waals surface area contributed by atoms with E-state index in [0.29, 0.717) is 18.9 Å². The Balaban J connectivity index is 1.67. The Bertz CT molecular complexity index is 413. The summed E-state index contributed by atoms with van der Waals surface area (Å²) in [7, 11) is 0. The summed E-state index contributed by atoms with van der Waals surface area (Å²) < 4.78 is 0. The Morgan fingerprint density at radius 1 is 1.50 bits per heavy atom. The molecule has 18 heavy (non-hydrogen) atoms. The van der Waals surface area contributed by atoms with Gasteiger partial charge in [-0.3, -0.25) is 4.79 Å². The van der Waals surface area contributed by atoms with E-state index in [1.165, 1.54) is 24.0 Å².